The Morgan fingerprint density at radius 3 is 2.82 bits per heavy atom. The van der Waals surface area contributed by atoms with E-state index in [-0.39, 0.29) is 12.0 Å². The topological polar surface area (TPSA) is 67.6 Å². The molecule has 2 aliphatic rings. The summed E-state index contributed by atoms with van der Waals surface area (Å²) in [4.78, 5) is 20.0. The van der Waals surface area contributed by atoms with Crippen LogP contribution in [0, 0.1) is 0 Å². The lowest BCUT2D eigenvalue weighted by Gasteiger charge is -2.32. The Morgan fingerprint density at radius 2 is 2.03 bits per heavy atom. The van der Waals surface area contributed by atoms with E-state index >= 15 is 0 Å². The molecule has 2 aromatic heterocycles. The van der Waals surface area contributed by atoms with Crippen LogP contribution in [-0.2, 0) is 17.0 Å². The number of rotatable bonds is 7. The second-order valence-corrected chi connectivity index (χ2v) is 10.6. The number of para-hydroxylation sites is 1. The van der Waals surface area contributed by atoms with Crippen molar-refractivity contribution in [2.24, 2.45) is 0 Å². The van der Waals surface area contributed by atoms with Gasteiger partial charge in [0.2, 0.25) is 0 Å². The fourth-order valence-electron chi connectivity index (χ4n) is 4.86. The second kappa shape index (κ2) is 10.8. The molecule has 1 aromatic carbocycles. The molecule has 1 saturated carbocycles. The van der Waals surface area contributed by atoms with Crippen molar-refractivity contribution in [3.63, 3.8) is 0 Å². The lowest BCUT2D eigenvalue weighted by molar-refractivity contribution is 0.0529. The van der Waals surface area contributed by atoms with Crippen LogP contribution in [0.1, 0.15) is 60.7 Å². The van der Waals surface area contributed by atoms with Crippen LogP contribution < -0.4 is 10.2 Å². The Morgan fingerprint density at radius 1 is 1.18 bits per heavy atom. The number of fused-ring (bicyclic) bond motifs is 1. The smallest absolute Gasteiger partial charge is 0.287 e. The van der Waals surface area contributed by atoms with Crippen molar-refractivity contribution >= 4 is 34.5 Å². The number of hydrogen-bond acceptors (Lipinski definition) is 6. The molecule has 0 unspecified atom stereocenters. The summed E-state index contributed by atoms with van der Waals surface area (Å²) in [6.07, 6.45) is 8.57. The lowest BCUT2D eigenvalue weighted by atomic mass is 10.0. The first kappa shape index (κ1) is 23.2. The molecule has 1 aliphatic heterocycles. The largest absolute Gasteiger partial charge is 0.451 e. The minimum Gasteiger partial charge on any atom is -0.451 e. The molecule has 6 nitrogen and oxygen atoms in total. The molecule has 0 spiro atoms. The highest BCUT2D eigenvalue weighted by Gasteiger charge is 2.23. The van der Waals surface area contributed by atoms with Crippen molar-refractivity contribution < 1.29 is 13.9 Å². The van der Waals surface area contributed by atoms with Crippen molar-refractivity contribution in [2.75, 3.05) is 24.6 Å². The van der Waals surface area contributed by atoms with Gasteiger partial charge in [0.25, 0.3) is 5.91 Å². The van der Waals surface area contributed by atoms with E-state index in [1.807, 2.05) is 48.3 Å². The van der Waals surface area contributed by atoms with Gasteiger partial charge in [-0.25, -0.2) is 4.98 Å². The fraction of sp³-hybridized carbons (Fsp3) is 0.481. The van der Waals surface area contributed by atoms with Crippen LogP contribution in [-0.4, -0.2) is 41.9 Å². The molecule has 2 fully saturated rings. The number of thioether (sulfide) groups is 1. The van der Waals surface area contributed by atoms with Crippen molar-refractivity contribution in [3.05, 3.63) is 59.5 Å². The van der Waals surface area contributed by atoms with Gasteiger partial charge in [-0.3, -0.25) is 4.79 Å². The molecule has 3 heterocycles. The van der Waals surface area contributed by atoms with Gasteiger partial charge < -0.3 is 19.4 Å². The summed E-state index contributed by atoms with van der Waals surface area (Å²) >= 11 is 1.97. The van der Waals surface area contributed by atoms with Gasteiger partial charge in [0.05, 0.1) is 12.7 Å². The minimum absolute atomic E-state index is 0.165. The first-order valence-corrected chi connectivity index (χ1v) is 13.4. The van der Waals surface area contributed by atoms with E-state index < -0.39 is 0 Å². The summed E-state index contributed by atoms with van der Waals surface area (Å²) in [7, 11) is 0. The zero-order valence-corrected chi connectivity index (χ0v) is 20.6. The molecule has 0 radical (unpaired) electrons. The maximum absolute atomic E-state index is 13.2. The van der Waals surface area contributed by atoms with Crippen LogP contribution in [0.4, 0.5) is 5.82 Å². The number of ether oxygens (including phenoxy) is 1. The molecular formula is C27H33N3O3S. The Bertz CT molecular complexity index is 1110. The van der Waals surface area contributed by atoms with Gasteiger partial charge in [-0.05, 0) is 37.5 Å². The molecule has 1 atom stereocenters. The van der Waals surface area contributed by atoms with E-state index in [0.29, 0.717) is 17.6 Å². The Kier molecular flexibility index (Phi) is 7.40. The summed E-state index contributed by atoms with van der Waals surface area (Å²) in [6.45, 7) is 4.91. The monoisotopic (exact) mass is 479 g/mol. The first-order valence-electron chi connectivity index (χ1n) is 12.4. The number of nitrogens with zero attached hydrogens (tertiary/aromatic N) is 2. The first-order chi connectivity index (χ1) is 16.7. The summed E-state index contributed by atoms with van der Waals surface area (Å²) in [5, 5.41) is 4.77. The van der Waals surface area contributed by atoms with E-state index in [1.54, 1.807) is 0 Å². The average Bonchev–Trinajstić information content (AvgIpc) is 3.26. The zero-order valence-electron chi connectivity index (χ0n) is 19.8. The van der Waals surface area contributed by atoms with E-state index in [9.17, 15) is 4.79 Å². The number of aromatic nitrogens is 1. The average molecular weight is 480 g/mol. The minimum atomic E-state index is -0.165. The highest BCUT2D eigenvalue weighted by Crippen LogP contribution is 2.35. The Balaban J connectivity index is 1.25. The molecule has 3 aromatic rings. The molecule has 5 rings (SSSR count). The maximum atomic E-state index is 13.2. The van der Waals surface area contributed by atoms with Crippen molar-refractivity contribution in [1.29, 1.82) is 0 Å². The van der Waals surface area contributed by atoms with Crippen LogP contribution >= 0.6 is 11.8 Å². The van der Waals surface area contributed by atoms with Crippen LogP contribution in [0.3, 0.4) is 0 Å². The maximum Gasteiger partial charge on any atom is 0.287 e. The van der Waals surface area contributed by atoms with Crippen molar-refractivity contribution in [2.45, 2.75) is 62.7 Å². The zero-order chi connectivity index (χ0) is 23.3. The number of hydrogen-bond donors (Lipinski definition) is 1. The predicted octanol–water partition coefficient (Wildman–Crippen LogP) is 5.55. The van der Waals surface area contributed by atoms with Crippen LogP contribution in [0.2, 0.25) is 0 Å². The molecule has 0 bridgehead atoms. The van der Waals surface area contributed by atoms with E-state index in [0.717, 1.165) is 53.4 Å². The van der Waals surface area contributed by atoms with Crippen LogP contribution in [0.15, 0.2) is 47.0 Å². The van der Waals surface area contributed by atoms with Crippen LogP contribution in [0.5, 0.6) is 0 Å². The SMILES string of the molecule is C[C@@H]1CN(c2ccc(CNC(=O)c3oc4ccccc4c3CSC3CCCCC3)cn2)CCO1. The highest BCUT2D eigenvalue weighted by molar-refractivity contribution is 7.99. The third-order valence-electron chi connectivity index (χ3n) is 6.75. The molecule has 180 valence electrons. The summed E-state index contributed by atoms with van der Waals surface area (Å²) in [5.74, 6) is 2.03. The van der Waals surface area contributed by atoms with Gasteiger partial charge in [0.1, 0.15) is 11.4 Å². The third kappa shape index (κ3) is 5.41. The number of amides is 1. The number of benzene rings is 1. The lowest BCUT2D eigenvalue weighted by Crippen LogP contribution is -2.41. The number of furan rings is 1. The highest BCUT2D eigenvalue weighted by atomic mass is 32.2. The van der Waals surface area contributed by atoms with Crippen molar-refractivity contribution in [3.8, 4) is 0 Å². The quantitative estimate of drug-likeness (QED) is 0.479. The Hall–Kier alpha value is -2.51. The molecule has 1 aliphatic carbocycles. The molecule has 1 N–H and O–H groups in total. The van der Waals surface area contributed by atoms with Gasteiger partial charge in [0.15, 0.2) is 5.76 Å². The number of carbonyl (C=O) groups is 1. The van der Waals surface area contributed by atoms with E-state index in [2.05, 4.69) is 28.2 Å². The molecule has 1 saturated heterocycles. The van der Waals surface area contributed by atoms with E-state index in [1.165, 1.54) is 32.1 Å². The second-order valence-electron chi connectivity index (χ2n) is 9.31. The third-order valence-corrected chi connectivity index (χ3v) is 8.15. The number of pyridine rings is 1. The number of carbonyl (C=O) groups excluding carboxylic acids is 1. The van der Waals surface area contributed by atoms with Crippen molar-refractivity contribution in [1.82, 2.24) is 10.3 Å². The fourth-order valence-corrected chi connectivity index (χ4v) is 6.21. The van der Waals surface area contributed by atoms with E-state index in [4.69, 9.17) is 9.15 Å². The van der Waals surface area contributed by atoms with Gasteiger partial charge in [-0.1, -0.05) is 43.5 Å². The number of anilines is 1. The molecule has 7 heteroatoms. The summed E-state index contributed by atoms with van der Waals surface area (Å²) in [5.41, 5.74) is 2.75. The number of nitrogens with one attached hydrogen (secondary N) is 1. The van der Waals surface area contributed by atoms with Gasteiger partial charge in [-0.2, -0.15) is 11.8 Å². The normalized spacial score (nSPS) is 19.4. The Labute approximate surface area is 205 Å². The molecule has 34 heavy (non-hydrogen) atoms. The van der Waals surface area contributed by atoms with Crippen LogP contribution in [0.25, 0.3) is 11.0 Å². The predicted molar refractivity (Wildman–Crippen MR) is 137 cm³/mol. The molecule has 1 amide bonds. The standard InChI is InChI=1S/C27H33N3O3S/c1-19-17-30(13-14-32-19)25-12-11-20(15-28-25)16-29-27(31)26-23(18-34-21-7-3-2-4-8-21)22-9-5-6-10-24(22)33-26/h5-6,9-12,15,19,21H,2-4,7-8,13-14,16-18H2,1H3,(H,29,31)/t19-/m1/s1. The summed E-state index contributed by atoms with van der Waals surface area (Å²) < 4.78 is 11.7. The summed E-state index contributed by atoms with van der Waals surface area (Å²) in [6, 6.07) is 12.0. The van der Waals surface area contributed by atoms with Gasteiger partial charge in [0, 0.05) is 47.8 Å². The van der Waals surface area contributed by atoms with Gasteiger partial charge >= 0.3 is 0 Å². The van der Waals surface area contributed by atoms with Gasteiger partial charge in [-0.15, -0.1) is 0 Å². The molecular weight excluding hydrogens is 446 g/mol. The number of morpholine rings is 1.